The van der Waals surface area contributed by atoms with E-state index in [1.165, 1.54) is 17.0 Å². The lowest BCUT2D eigenvalue weighted by Crippen LogP contribution is -3.19. The number of nitrogens with zero attached hydrogens (tertiary/aromatic N) is 1. The van der Waals surface area contributed by atoms with Crippen molar-refractivity contribution >= 4 is 28.9 Å². The summed E-state index contributed by atoms with van der Waals surface area (Å²) in [5.74, 6) is -0.446. The van der Waals surface area contributed by atoms with Gasteiger partial charge >= 0.3 is 0 Å². The molecule has 2 aromatic carbocycles. The highest BCUT2D eigenvalue weighted by atomic mass is 35.5. The van der Waals surface area contributed by atoms with Crippen molar-refractivity contribution in [2.24, 2.45) is 0 Å². The largest absolute Gasteiger partial charge is 0.359 e. The van der Waals surface area contributed by atoms with E-state index in [4.69, 9.17) is 11.6 Å². The fourth-order valence-electron chi connectivity index (χ4n) is 3.18. The monoisotopic (exact) mass is 362 g/mol. The number of para-hydroxylation sites is 1. The molecule has 1 amide bonds. The van der Waals surface area contributed by atoms with Gasteiger partial charge in [0.05, 0.1) is 36.9 Å². The number of rotatable bonds is 4. The Morgan fingerprint density at radius 2 is 1.92 bits per heavy atom. The van der Waals surface area contributed by atoms with Gasteiger partial charge in [-0.1, -0.05) is 29.8 Å². The van der Waals surface area contributed by atoms with Crippen LogP contribution in [0.3, 0.4) is 0 Å². The van der Waals surface area contributed by atoms with Crippen LogP contribution in [0, 0.1) is 5.82 Å². The van der Waals surface area contributed by atoms with E-state index in [1.54, 1.807) is 12.1 Å². The first-order chi connectivity index (χ1) is 12.0. The molecule has 2 aromatic rings. The van der Waals surface area contributed by atoms with Gasteiger partial charge in [-0.3, -0.25) is 4.79 Å². The van der Waals surface area contributed by atoms with E-state index in [1.807, 2.05) is 31.2 Å². The Labute approximate surface area is 152 Å². The third kappa shape index (κ3) is 4.30. The van der Waals surface area contributed by atoms with Crippen LogP contribution in [0.2, 0.25) is 5.02 Å². The zero-order valence-corrected chi connectivity index (χ0v) is 14.9. The van der Waals surface area contributed by atoms with Crippen molar-refractivity contribution in [2.45, 2.75) is 13.0 Å². The van der Waals surface area contributed by atoms with Crippen molar-refractivity contribution in [3.05, 3.63) is 59.4 Å². The molecule has 25 heavy (non-hydrogen) atoms. The maximum atomic E-state index is 13.2. The standard InChI is InChI=1S/C19H21ClFN3O/c1-14(19(25)22-16-6-4-5-15(21)13-16)23-9-11-24(12-10-23)18-8-3-2-7-17(18)20/h2-8,13-14H,9-12H2,1H3,(H,22,25)/p+1/t14-/m0/s1. The average Bonchev–Trinajstić information content (AvgIpc) is 2.62. The molecular weight excluding hydrogens is 341 g/mol. The molecule has 0 radical (unpaired) electrons. The zero-order valence-electron chi connectivity index (χ0n) is 14.1. The van der Waals surface area contributed by atoms with Crippen molar-refractivity contribution in [3.63, 3.8) is 0 Å². The number of hydrogen-bond donors (Lipinski definition) is 2. The average molecular weight is 363 g/mol. The van der Waals surface area contributed by atoms with E-state index in [0.717, 1.165) is 36.9 Å². The van der Waals surface area contributed by atoms with Gasteiger partial charge in [0.15, 0.2) is 6.04 Å². The second-order valence-corrected chi connectivity index (χ2v) is 6.73. The molecular formula is C19H22ClFN3O+. The van der Waals surface area contributed by atoms with E-state index < -0.39 is 0 Å². The topological polar surface area (TPSA) is 36.8 Å². The Balaban J connectivity index is 1.57. The first kappa shape index (κ1) is 17.7. The number of piperazine rings is 1. The predicted octanol–water partition coefficient (Wildman–Crippen LogP) is 2.21. The van der Waals surface area contributed by atoms with E-state index >= 15 is 0 Å². The summed E-state index contributed by atoms with van der Waals surface area (Å²) >= 11 is 6.27. The van der Waals surface area contributed by atoms with Crippen molar-refractivity contribution in [2.75, 3.05) is 36.4 Å². The van der Waals surface area contributed by atoms with Crippen LogP contribution in [0.25, 0.3) is 0 Å². The van der Waals surface area contributed by atoms with Gasteiger partial charge in [0.2, 0.25) is 0 Å². The summed E-state index contributed by atoms with van der Waals surface area (Å²) in [5.41, 5.74) is 1.53. The second-order valence-electron chi connectivity index (χ2n) is 6.32. The van der Waals surface area contributed by atoms with Crippen LogP contribution >= 0.6 is 11.6 Å². The maximum absolute atomic E-state index is 13.2. The molecule has 1 aliphatic rings. The minimum Gasteiger partial charge on any atom is -0.359 e. The van der Waals surface area contributed by atoms with Gasteiger partial charge in [0.25, 0.3) is 5.91 Å². The number of quaternary nitrogens is 1. The van der Waals surface area contributed by atoms with Crippen LogP contribution in [-0.2, 0) is 4.79 Å². The lowest BCUT2D eigenvalue weighted by Gasteiger charge is -2.36. The van der Waals surface area contributed by atoms with Crippen LogP contribution < -0.4 is 15.1 Å². The fourth-order valence-corrected chi connectivity index (χ4v) is 3.43. The number of amides is 1. The molecule has 6 heteroatoms. The molecule has 0 unspecified atom stereocenters. The molecule has 2 N–H and O–H groups in total. The summed E-state index contributed by atoms with van der Waals surface area (Å²) in [5, 5.41) is 3.55. The SMILES string of the molecule is C[C@@H](C(=O)Nc1cccc(F)c1)[NH+]1CCN(c2ccccc2Cl)CC1. The Bertz CT molecular complexity index is 747. The van der Waals surface area contributed by atoms with Crippen LogP contribution in [-0.4, -0.2) is 38.1 Å². The zero-order chi connectivity index (χ0) is 17.8. The van der Waals surface area contributed by atoms with Gasteiger partial charge in [-0.15, -0.1) is 0 Å². The fraction of sp³-hybridized carbons (Fsp3) is 0.316. The van der Waals surface area contributed by atoms with Gasteiger partial charge in [-0.05, 0) is 37.3 Å². The van der Waals surface area contributed by atoms with Crippen molar-refractivity contribution in [1.29, 1.82) is 0 Å². The summed E-state index contributed by atoms with van der Waals surface area (Å²) in [6, 6.07) is 13.6. The third-order valence-corrected chi connectivity index (χ3v) is 5.02. The van der Waals surface area contributed by atoms with Crippen molar-refractivity contribution in [1.82, 2.24) is 0 Å². The number of nitrogens with one attached hydrogen (secondary N) is 2. The summed E-state index contributed by atoms with van der Waals surface area (Å²) < 4.78 is 13.2. The number of benzene rings is 2. The first-order valence-corrected chi connectivity index (χ1v) is 8.83. The summed E-state index contributed by atoms with van der Waals surface area (Å²) in [6.07, 6.45) is 0. The highest BCUT2D eigenvalue weighted by Crippen LogP contribution is 2.24. The molecule has 4 nitrogen and oxygen atoms in total. The highest BCUT2D eigenvalue weighted by molar-refractivity contribution is 6.33. The van der Waals surface area contributed by atoms with Crippen molar-refractivity contribution < 1.29 is 14.1 Å². The quantitative estimate of drug-likeness (QED) is 0.875. The molecule has 1 saturated heterocycles. The third-order valence-electron chi connectivity index (χ3n) is 4.70. The molecule has 1 aliphatic heterocycles. The summed E-state index contributed by atoms with van der Waals surface area (Å²) in [6.45, 7) is 5.30. The lowest BCUT2D eigenvalue weighted by molar-refractivity contribution is -0.914. The smallest absolute Gasteiger partial charge is 0.282 e. The normalized spacial score (nSPS) is 16.5. The number of hydrogen-bond acceptors (Lipinski definition) is 2. The van der Waals surface area contributed by atoms with Crippen LogP contribution in [0.5, 0.6) is 0 Å². The first-order valence-electron chi connectivity index (χ1n) is 8.45. The maximum Gasteiger partial charge on any atom is 0.282 e. The molecule has 0 saturated carbocycles. The molecule has 132 valence electrons. The molecule has 1 fully saturated rings. The van der Waals surface area contributed by atoms with E-state index in [0.29, 0.717) is 5.69 Å². The highest BCUT2D eigenvalue weighted by Gasteiger charge is 2.29. The summed E-state index contributed by atoms with van der Waals surface area (Å²) in [7, 11) is 0. The molecule has 0 aliphatic carbocycles. The van der Waals surface area contributed by atoms with Crippen molar-refractivity contribution in [3.8, 4) is 0 Å². The minimum absolute atomic E-state index is 0.0909. The molecule has 1 heterocycles. The Morgan fingerprint density at radius 3 is 2.60 bits per heavy atom. The number of carbonyl (C=O) groups is 1. The van der Waals surface area contributed by atoms with Gasteiger partial charge < -0.3 is 15.1 Å². The number of carbonyl (C=O) groups excluding carboxylic acids is 1. The van der Waals surface area contributed by atoms with Gasteiger partial charge in [0.1, 0.15) is 5.82 Å². The Hall–Kier alpha value is -2.11. The second kappa shape index (κ2) is 7.85. The Kier molecular flexibility index (Phi) is 5.56. The van der Waals surface area contributed by atoms with Gasteiger partial charge in [0, 0.05) is 5.69 Å². The molecule has 3 rings (SSSR count). The molecule has 0 bridgehead atoms. The summed E-state index contributed by atoms with van der Waals surface area (Å²) in [4.78, 5) is 15.9. The van der Waals surface area contributed by atoms with E-state index in [2.05, 4.69) is 10.2 Å². The van der Waals surface area contributed by atoms with Crippen LogP contribution in [0.15, 0.2) is 48.5 Å². The number of anilines is 2. The lowest BCUT2D eigenvalue weighted by atomic mass is 10.2. The molecule has 1 atom stereocenters. The van der Waals surface area contributed by atoms with Crippen LogP contribution in [0.1, 0.15) is 6.92 Å². The van der Waals surface area contributed by atoms with Gasteiger partial charge in [-0.25, -0.2) is 4.39 Å². The predicted molar refractivity (Wildman–Crippen MR) is 98.9 cm³/mol. The number of halogens is 2. The van der Waals surface area contributed by atoms with Gasteiger partial charge in [-0.2, -0.15) is 0 Å². The van der Waals surface area contributed by atoms with E-state index in [-0.39, 0.29) is 17.8 Å². The Morgan fingerprint density at radius 1 is 1.20 bits per heavy atom. The van der Waals surface area contributed by atoms with E-state index in [9.17, 15) is 9.18 Å². The minimum atomic E-state index is -0.355. The molecule has 0 spiro atoms. The van der Waals surface area contributed by atoms with Crippen LogP contribution in [0.4, 0.5) is 15.8 Å². The molecule has 0 aromatic heterocycles.